The number of halogens is 1. The molecule has 118 valence electrons. The summed E-state index contributed by atoms with van der Waals surface area (Å²) in [5.74, 6) is 1.30. The lowest BCUT2D eigenvalue weighted by Crippen LogP contribution is -2.39. The minimum absolute atomic E-state index is 0.0283. The molecule has 3 heterocycles. The van der Waals surface area contributed by atoms with E-state index in [1.807, 2.05) is 16.8 Å². The van der Waals surface area contributed by atoms with E-state index in [0.717, 1.165) is 5.82 Å². The molecule has 0 saturated carbocycles. The van der Waals surface area contributed by atoms with E-state index < -0.39 is 6.17 Å². The first-order chi connectivity index (χ1) is 10.6. The summed E-state index contributed by atoms with van der Waals surface area (Å²) in [6.45, 7) is 1.48. The fourth-order valence-electron chi connectivity index (χ4n) is 2.83. The largest absolute Gasteiger partial charge is 0.349 e. The topological polar surface area (TPSA) is 93.8 Å². The Bertz CT molecular complexity index is 658. The molecule has 0 radical (unpaired) electrons. The standard InChI is InChI=1S/C13H18FN7O/c1-20(7-11-17-13(22)19-18-11)6-10-4-9(14)5-21(10)12-2-3-15-8-16-12/h2-3,8-10H,4-7H2,1H3,(H2,17,18,19,22)/t9-,10-/m0/s1. The molecule has 2 aromatic heterocycles. The second-order valence-electron chi connectivity index (χ2n) is 5.53. The third-order valence-corrected chi connectivity index (χ3v) is 3.72. The molecule has 9 heteroatoms. The Balaban J connectivity index is 1.66. The lowest BCUT2D eigenvalue weighted by atomic mass is 10.2. The van der Waals surface area contributed by atoms with E-state index in [1.54, 1.807) is 12.3 Å². The first-order valence-electron chi connectivity index (χ1n) is 7.10. The van der Waals surface area contributed by atoms with Crippen molar-refractivity contribution in [1.29, 1.82) is 0 Å². The number of aromatic nitrogens is 5. The highest BCUT2D eigenvalue weighted by molar-refractivity contribution is 5.40. The van der Waals surface area contributed by atoms with Crippen molar-refractivity contribution < 1.29 is 4.39 Å². The SMILES string of the molecule is CN(Cc1n[nH]c(=O)[nH]1)C[C@@H]1C[C@H](F)CN1c1ccncn1. The van der Waals surface area contributed by atoms with Gasteiger partial charge in [-0.25, -0.2) is 24.3 Å². The molecule has 0 amide bonds. The number of anilines is 1. The molecular formula is C13H18FN7O. The van der Waals surface area contributed by atoms with Crippen LogP contribution in [0.3, 0.4) is 0 Å². The van der Waals surface area contributed by atoms with Crippen LogP contribution in [0.15, 0.2) is 23.4 Å². The van der Waals surface area contributed by atoms with E-state index >= 15 is 0 Å². The smallest absolute Gasteiger partial charge is 0.340 e. The number of hydrogen-bond donors (Lipinski definition) is 2. The van der Waals surface area contributed by atoms with Crippen molar-refractivity contribution in [3.63, 3.8) is 0 Å². The van der Waals surface area contributed by atoms with Crippen LogP contribution >= 0.6 is 0 Å². The summed E-state index contributed by atoms with van der Waals surface area (Å²) in [6, 6.07) is 1.82. The molecule has 1 aliphatic heterocycles. The summed E-state index contributed by atoms with van der Waals surface area (Å²) < 4.78 is 13.8. The number of aromatic amines is 2. The molecule has 8 nitrogen and oxygen atoms in total. The van der Waals surface area contributed by atoms with E-state index in [1.165, 1.54) is 6.33 Å². The molecule has 0 spiro atoms. The number of hydrogen-bond acceptors (Lipinski definition) is 6. The van der Waals surface area contributed by atoms with Gasteiger partial charge < -0.3 is 4.90 Å². The predicted octanol–water partition coefficient (Wildman–Crippen LogP) is -0.0632. The van der Waals surface area contributed by atoms with Gasteiger partial charge in [0, 0.05) is 25.2 Å². The van der Waals surface area contributed by atoms with Crippen molar-refractivity contribution in [2.75, 3.05) is 25.0 Å². The molecule has 0 aromatic carbocycles. The Morgan fingerprint density at radius 3 is 3.09 bits per heavy atom. The van der Waals surface area contributed by atoms with Crippen LogP contribution < -0.4 is 10.6 Å². The second-order valence-corrected chi connectivity index (χ2v) is 5.53. The number of likely N-dealkylation sites (N-methyl/N-ethyl adjacent to an activating group) is 1. The molecular weight excluding hydrogens is 289 g/mol. The van der Waals surface area contributed by atoms with Gasteiger partial charge in [0.2, 0.25) is 0 Å². The zero-order chi connectivity index (χ0) is 15.5. The zero-order valence-corrected chi connectivity index (χ0v) is 12.2. The van der Waals surface area contributed by atoms with Gasteiger partial charge in [-0.2, -0.15) is 5.10 Å². The van der Waals surface area contributed by atoms with E-state index in [4.69, 9.17) is 0 Å². The van der Waals surface area contributed by atoms with Crippen LogP contribution in [0.4, 0.5) is 10.2 Å². The highest BCUT2D eigenvalue weighted by Gasteiger charge is 2.33. The highest BCUT2D eigenvalue weighted by Crippen LogP contribution is 2.25. The molecule has 3 rings (SSSR count). The van der Waals surface area contributed by atoms with Crippen LogP contribution in [-0.2, 0) is 6.54 Å². The van der Waals surface area contributed by atoms with Crippen LogP contribution in [0.1, 0.15) is 12.2 Å². The molecule has 0 aliphatic carbocycles. The Kier molecular flexibility index (Phi) is 4.14. The fraction of sp³-hybridized carbons (Fsp3) is 0.538. The van der Waals surface area contributed by atoms with E-state index in [2.05, 4.69) is 25.1 Å². The lowest BCUT2D eigenvalue weighted by molar-refractivity contribution is 0.284. The fourth-order valence-corrected chi connectivity index (χ4v) is 2.83. The lowest BCUT2D eigenvalue weighted by Gasteiger charge is -2.28. The average molecular weight is 307 g/mol. The van der Waals surface area contributed by atoms with Crippen molar-refractivity contribution in [2.45, 2.75) is 25.2 Å². The molecule has 1 saturated heterocycles. The predicted molar refractivity (Wildman–Crippen MR) is 78.2 cm³/mol. The molecule has 0 unspecified atom stereocenters. The summed E-state index contributed by atoms with van der Waals surface area (Å²) >= 11 is 0. The van der Waals surface area contributed by atoms with Crippen molar-refractivity contribution in [2.24, 2.45) is 0 Å². The Morgan fingerprint density at radius 2 is 2.41 bits per heavy atom. The Hall–Kier alpha value is -2.29. The van der Waals surface area contributed by atoms with Crippen LogP contribution in [0, 0.1) is 0 Å². The number of alkyl halides is 1. The van der Waals surface area contributed by atoms with Gasteiger partial charge in [0.15, 0.2) is 0 Å². The first kappa shape index (κ1) is 14.6. The molecule has 2 atom stereocenters. The van der Waals surface area contributed by atoms with E-state index in [9.17, 15) is 9.18 Å². The quantitative estimate of drug-likeness (QED) is 0.803. The second kappa shape index (κ2) is 6.22. The molecule has 2 aromatic rings. The van der Waals surface area contributed by atoms with E-state index in [0.29, 0.717) is 31.9 Å². The van der Waals surface area contributed by atoms with Gasteiger partial charge in [0.25, 0.3) is 0 Å². The van der Waals surface area contributed by atoms with Crippen molar-refractivity contribution in [3.8, 4) is 0 Å². The van der Waals surface area contributed by atoms with Crippen LogP contribution in [-0.4, -0.2) is 62.4 Å². The monoisotopic (exact) mass is 307 g/mol. The van der Waals surface area contributed by atoms with Gasteiger partial charge in [0.05, 0.1) is 13.1 Å². The maximum atomic E-state index is 13.8. The number of nitrogens with one attached hydrogen (secondary N) is 2. The first-order valence-corrected chi connectivity index (χ1v) is 7.10. The number of rotatable bonds is 5. The van der Waals surface area contributed by atoms with Crippen LogP contribution in [0.5, 0.6) is 0 Å². The Morgan fingerprint density at radius 1 is 1.55 bits per heavy atom. The Labute approximate surface area is 126 Å². The molecule has 0 bridgehead atoms. The third-order valence-electron chi connectivity index (χ3n) is 3.72. The van der Waals surface area contributed by atoms with Gasteiger partial charge in [-0.05, 0) is 13.1 Å². The normalized spacial score (nSPS) is 21.7. The minimum atomic E-state index is -0.862. The van der Waals surface area contributed by atoms with Gasteiger partial charge >= 0.3 is 5.69 Å². The molecule has 1 aliphatic rings. The minimum Gasteiger partial charge on any atom is -0.349 e. The zero-order valence-electron chi connectivity index (χ0n) is 12.2. The highest BCUT2D eigenvalue weighted by atomic mass is 19.1. The maximum absolute atomic E-state index is 13.8. The molecule has 2 N–H and O–H groups in total. The van der Waals surface area contributed by atoms with Gasteiger partial charge in [-0.1, -0.05) is 0 Å². The summed E-state index contributed by atoms with van der Waals surface area (Å²) in [4.78, 5) is 25.7. The number of nitrogens with zero attached hydrogens (tertiary/aromatic N) is 5. The summed E-state index contributed by atoms with van der Waals surface area (Å²) in [5, 5.41) is 6.21. The third kappa shape index (κ3) is 3.30. The van der Waals surface area contributed by atoms with Crippen LogP contribution in [0.25, 0.3) is 0 Å². The van der Waals surface area contributed by atoms with Gasteiger partial charge in [-0.3, -0.25) is 9.88 Å². The maximum Gasteiger partial charge on any atom is 0.340 e. The van der Waals surface area contributed by atoms with Crippen molar-refractivity contribution in [1.82, 2.24) is 30.0 Å². The van der Waals surface area contributed by atoms with Crippen molar-refractivity contribution >= 4 is 5.82 Å². The van der Waals surface area contributed by atoms with Crippen LogP contribution in [0.2, 0.25) is 0 Å². The van der Waals surface area contributed by atoms with Gasteiger partial charge in [0.1, 0.15) is 24.1 Å². The summed E-state index contributed by atoms with van der Waals surface area (Å²) in [6.07, 6.45) is 2.73. The number of H-pyrrole nitrogens is 2. The summed E-state index contributed by atoms with van der Waals surface area (Å²) in [5.41, 5.74) is -0.323. The van der Waals surface area contributed by atoms with Crippen molar-refractivity contribution in [3.05, 3.63) is 34.9 Å². The average Bonchev–Trinajstić information content (AvgIpc) is 3.06. The van der Waals surface area contributed by atoms with Gasteiger partial charge in [-0.15, -0.1) is 0 Å². The molecule has 22 heavy (non-hydrogen) atoms. The summed E-state index contributed by atoms with van der Waals surface area (Å²) in [7, 11) is 1.91. The van der Waals surface area contributed by atoms with E-state index in [-0.39, 0.29) is 11.7 Å². The molecule has 1 fully saturated rings.